The van der Waals surface area contributed by atoms with Gasteiger partial charge >= 0.3 is 0 Å². The Hall–Kier alpha value is -0.940. The standard InChI is InChI=1S/C12H23N3O2/c1-10(2)17-7-11-6-15(14-13-11)9-16-8-12(3,4)5/h6,10H,7-9H2,1-5H3. The highest BCUT2D eigenvalue weighted by Crippen LogP contribution is 2.13. The van der Waals surface area contributed by atoms with Crippen molar-refractivity contribution < 1.29 is 9.47 Å². The van der Waals surface area contributed by atoms with Crippen LogP contribution in [-0.2, 0) is 22.8 Å². The summed E-state index contributed by atoms with van der Waals surface area (Å²) < 4.78 is 12.7. The van der Waals surface area contributed by atoms with E-state index in [1.54, 1.807) is 4.68 Å². The highest BCUT2D eigenvalue weighted by atomic mass is 16.5. The van der Waals surface area contributed by atoms with Crippen molar-refractivity contribution in [3.8, 4) is 0 Å². The molecule has 1 heterocycles. The normalized spacial score (nSPS) is 12.4. The molecule has 0 aliphatic rings. The van der Waals surface area contributed by atoms with Gasteiger partial charge in [-0.1, -0.05) is 26.0 Å². The van der Waals surface area contributed by atoms with Gasteiger partial charge in [0.05, 0.1) is 25.5 Å². The zero-order valence-corrected chi connectivity index (χ0v) is 11.4. The predicted molar refractivity (Wildman–Crippen MR) is 65.4 cm³/mol. The molecule has 1 rings (SSSR count). The van der Waals surface area contributed by atoms with Gasteiger partial charge in [0.2, 0.25) is 0 Å². The van der Waals surface area contributed by atoms with E-state index in [0.717, 1.165) is 5.69 Å². The van der Waals surface area contributed by atoms with E-state index in [-0.39, 0.29) is 11.5 Å². The molecule has 0 fully saturated rings. The van der Waals surface area contributed by atoms with Gasteiger partial charge in [-0.05, 0) is 19.3 Å². The van der Waals surface area contributed by atoms with Gasteiger partial charge in [-0.2, -0.15) is 0 Å². The first kappa shape index (κ1) is 14.1. The maximum Gasteiger partial charge on any atom is 0.141 e. The van der Waals surface area contributed by atoms with E-state index in [4.69, 9.17) is 9.47 Å². The Morgan fingerprint density at radius 2 is 2.06 bits per heavy atom. The van der Waals surface area contributed by atoms with Crippen molar-refractivity contribution in [2.75, 3.05) is 6.61 Å². The van der Waals surface area contributed by atoms with E-state index in [0.29, 0.717) is 19.9 Å². The molecule has 0 atom stereocenters. The van der Waals surface area contributed by atoms with Crippen molar-refractivity contribution >= 4 is 0 Å². The van der Waals surface area contributed by atoms with Crippen LogP contribution in [0.25, 0.3) is 0 Å². The second kappa shape index (κ2) is 6.12. The molecular weight excluding hydrogens is 218 g/mol. The van der Waals surface area contributed by atoms with Gasteiger partial charge in [-0.25, -0.2) is 4.68 Å². The first-order chi connectivity index (χ1) is 7.87. The lowest BCUT2D eigenvalue weighted by atomic mass is 9.99. The fraction of sp³-hybridized carbons (Fsp3) is 0.833. The third-order valence-electron chi connectivity index (χ3n) is 1.91. The fourth-order valence-corrected chi connectivity index (χ4v) is 1.17. The van der Waals surface area contributed by atoms with Gasteiger partial charge in [-0.15, -0.1) is 5.10 Å². The Bertz CT molecular complexity index is 329. The molecule has 0 aromatic carbocycles. The van der Waals surface area contributed by atoms with E-state index >= 15 is 0 Å². The van der Waals surface area contributed by atoms with Crippen LogP contribution >= 0.6 is 0 Å². The molecule has 0 aliphatic carbocycles. The number of ether oxygens (including phenoxy) is 2. The molecule has 0 amide bonds. The van der Waals surface area contributed by atoms with Gasteiger partial charge < -0.3 is 9.47 Å². The Morgan fingerprint density at radius 1 is 1.35 bits per heavy atom. The summed E-state index contributed by atoms with van der Waals surface area (Å²) in [4.78, 5) is 0. The number of hydrogen-bond donors (Lipinski definition) is 0. The molecule has 1 aromatic heterocycles. The Kier molecular flexibility index (Phi) is 5.08. The summed E-state index contributed by atoms with van der Waals surface area (Å²) >= 11 is 0. The third-order valence-corrected chi connectivity index (χ3v) is 1.91. The maximum atomic E-state index is 5.54. The predicted octanol–water partition coefficient (Wildman–Crippen LogP) is 2.22. The van der Waals surface area contributed by atoms with Crippen LogP contribution in [-0.4, -0.2) is 27.7 Å². The van der Waals surface area contributed by atoms with E-state index in [2.05, 4.69) is 31.1 Å². The van der Waals surface area contributed by atoms with Crippen molar-refractivity contribution in [1.29, 1.82) is 0 Å². The third kappa shape index (κ3) is 6.38. The summed E-state index contributed by atoms with van der Waals surface area (Å²) in [7, 11) is 0. The van der Waals surface area contributed by atoms with Gasteiger partial charge in [0, 0.05) is 0 Å². The van der Waals surface area contributed by atoms with Crippen LogP contribution < -0.4 is 0 Å². The van der Waals surface area contributed by atoms with Crippen LogP contribution in [0, 0.1) is 5.41 Å². The molecule has 0 bridgehead atoms. The Morgan fingerprint density at radius 3 is 2.65 bits per heavy atom. The fourth-order valence-electron chi connectivity index (χ4n) is 1.17. The molecule has 0 aliphatic heterocycles. The van der Waals surface area contributed by atoms with Gasteiger partial charge in [-0.3, -0.25) is 0 Å². The summed E-state index contributed by atoms with van der Waals surface area (Å²) in [5.41, 5.74) is 1.00. The van der Waals surface area contributed by atoms with Gasteiger partial charge in [0.1, 0.15) is 12.4 Å². The van der Waals surface area contributed by atoms with E-state index in [1.807, 2.05) is 20.0 Å². The smallest absolute Gasteiger partial charge is 0.141 e. The highest BCUT2D eigenvalue weighted by molar-refractivity contribution is 4.89. The molecule has 0 saturated carbocycles. The molecule has 0 unspecified atom stereocenters. The summed E-state index contributed by atoms with van der Waals surface area (Å²) in [6.07, 6.45) is 2.06. The zero-order chi connectivity index (χ0) is 12.9. The van der Waals surface area contributed by atoms with Crippen LogP contribution in [0.3, 0.4) is 0 Å². The second-order valence-electron chi connectivity index (χ2n) is 5.65. The lowest BCUT2D eigenvalue weighted by Crippen LogP contribution is -2.16. The van der Waals surface area contributed by atoms with Crippen molar-refractivity contribution in [1.82, 2.24) is 15.0 Å². The molecule has 17 heavy (non-hydrogen) atoms. The number of nitrogens with zero attached hydrogens (tertiary/aromatic N) is 3. The monoisotopic (exact) mass is 241 g/mol. The number of hydrogen-bond acceptors (Lipinski definition) is 4. The zero-order valence-electron chi connectivity index (χ0n) is 11.4. The summed E-state index contributed by atoms with van der Waals surface area (Å²) in [5, 5.41) is 7.99. The van der Waals surface area contributed by atoms with Crippen LogP contribution in [0.2, 0.25) is 0 Å². The number of aromatic nitrogens is 3. The second-order valence-corrected chi connectivity index (χ2v) is 5.65. The molecule has 0 radical (unpaired) electrons. The van der Waals surface area contributed by atoms with E-state index in [9.17, 15) is 0 Å². The molecule has 1 aromatic rings. The summed E-state index contributed by atoms with van der Waals surface area (Å²) in [6, 6.07) is 0. The van der Waals surface area contributed by atoms with Crippen LogP contribution in [0.5, 0.6) is 0 Å². The first-order valence-electron chi connectivity index (χ1n) is 5.95. The lowest BCUT2D eigenvalue weighted by Gasteiger charge is -2.17. The van der Waals surface area contributed by atoms with Crippen LogP contribution in [0.15, 0.2) is 6.20 Å². The average Bonchev–Trinajstić information content (AvgIpc) is 2.61. The van der Waals surface area contributed by atoms with Crippen molar-refractivity contribution in [3.05, 3.63) is 11.9 Å². The van der Waals surface area contributed by atoms with Gasteiger partial charge in [0.15, 0.2) is 0 Å². The minimum absolute atomic E-state index is 0.171. The number of rotatable bonds is 6. The summed E-state index contributed by atoms with van der Waals surface area (Å²) in [6.45, 7) is 12.0. The Balaban J connectivity index is 2.31. The van der Waals surface area contributed by atoms with Crippen LogP contribution in [0.4, 0.5) is 0 Å². The van der Waals surface area contributed by atoms with E-state index in [1.165, 1.54) is 0 Å². The SMILES string of the molecule is CC(C)OCc1cn(COCC(C)(C)C)nn1. The van der Waals surface area contributed by atoms with Crippen molar-refractivity contribution in [2.24, 2.45) is 5.41 Å². The molecular formula is C12H23N3O2. The maximum absolute atomic E-state index is 5.54. The van der Waals surface area contributed by atoms with Crippen LogP contribution in [0.1, 0.15) is 40.3 Å². The van der Waals surface area contributed by atoms with E-state index < -0.39 is 0 Å². The quantitative estimate of drug-likeness (QED) is 0.766. The molecule has 98 valence electrons. The highest BCUT2D eigenvalue weighted by Gasteiger charge is 2.10. The molecule has 0 saturated heterocycles. The molecule has 5 heteroatoms. The van der Waals surface area contributed by atoms with Crippen molar-refractivity contribution in [2.45, 2.75) is 54.1 Å². The topological polar surface area (TPSA) is 49.2 Å². The first-order valence-corrected chi connectivity index (χ1v) is 5.95. The minimum atomic E-state index is 0.171. The molecule has 0 N–H and O–H groups in total. The summed E-state index contributed by atoms with van der Waals surface area (Å²) in [5.74, 6) is 0. The molecule has 5 nitrogen and oxygen atoms in total. The largest absolute Gasteiger partial charge is 0.372 e. The Labute approximate surface area is 103 Å². The molecule has 0 spiro atoms. The lowest BCUT2D eigenvalue weighted by molar-refractivity contribution is 0.0206. The minimum Gasteiger partial charge on any atom is -0.372 e. The van der Waals surface area contributed by atoms with Crippen molar-refractivity contribution in [3.63, 3.8) is 0 Å². The average molecular weight is 241 g/mol. The van der Waals surface area contributed by atoms with Gasteiger partial charge in [0.25, 0.3) is 0 Å².